The van der Waals surface area contributed by atoms with Crippen LogP contribution in [0.15, 0.2) is 0 Å². The number of hydrogen-bond donors (Lipinski definition) is 2. The highest BCUT2D eigenvalue weighted by Crippen LogP contribution is 2.34. The van der Waals surface area contributed by atoms with E-state index in [2.05, 4.69) is 17.6 Å². The average molecular weight is 182 g/mol. The van der Waals surface area contributed by atoms with Crippen LogP contribution in [0, 0.1) is 5.92 Å². The van der Waals surface area contributed by atoms with Crippen LogP contribution in [0.1, 0.15) is 39.0 Å². The smallest absolute Gasteiger partial charge is 0.0154 e. The Morgan fingerprint density at radius 3 is 2.62 bits per heavy atom. The first-order valence-electron chi connectivity index (χ1n) is 5.74. The van der Waals surface area contributed by atoms with Gasteiger partial charge in [0.15, 0.2) is 0 Å². The molecule has 2 rings (SSSR count). The largest absolute Gasteiger partial charge is 0.317 e. The molecule has 1 aliphatic carbocycles. The molecule has 2 aliphatic rings. The first-order chi connectivity index (χ1) is 6.29. The molecule has 1 saturated carbocycles. The first-order valence-corrected chi connectivity index (χ1v) is 5.74. The zero-order valence-electron chi connectivity index (χ0n) is 8.73. The molecule has 0 radical (unpaired) electrons. The highest BCUT2D eigenvalue weighted by Gasteiger charge is 2.36. The van der Waals surface area contributed by atoms with Gasteiger partial charge in [-0.05, 0) is 64.6 Å². The Balaban J connectivity index is 1.56. The fraction of sp³-hybridized carbons (Fsp3) is 1.00. The zero-order valence-corrected chi connectivity index (χ0v) is 8.73. The van der Waals surface area contributed by atoms with Gasteiger partial charge in [-0.1, -0.05) is 0 Å². The molecule has 1 heterocycles. The minimum absolute atomic E-state index is 0.535. The molecule has 2 nitrogen and oxygen atoms in total. The molecule has 2 fully saturated rings. The van der Waals surface area contributed by atoms with Crippen LogP contribution in [0.25, 0.3) is 0 Å². The molecular weight excluding hydrogens is 160 g/mol. The van der Waals surface area contributed by atoms with Gasteiger partial charge in [-0.25, -0.2) is 0 Å². The van der Waals surface area contributed by atoms with E-state index in [9.17, 15) is 0 Å². The van der Waals surface area contributed by atoms with Gasteiger partial charge in [0.2, 0.25) is 0 Å². The molecule has 1 aliphatic heterocycles. The van der Waals surface area contributed by atoms with E-state index in [-0.39, 0.29) is 0 Å². The Kier molecular flexibility index (Phi) is 2.89. The molecular formula is C11H22N2. The van der Waals surface area contributed by atoms with E-state index in [1.807, 2.05) is 0 Å². The van der Waals surface area contributed by atoms with E-state index in [1.54, 1.807) is 0 Å². The minimum atomic E-state index is 0.535. The van der Waals surface area contributed by atoms with Crippen LogP contribution in [0.5, 0.6) is 0 Å². The maximum absolute atomic E-state index is 3.66. The van der Waals surface area contributed by atoms with Crippen molar-refractivity contribution in [2.24, 2.45) is 5.92 Å². The molecule has 1 saturated heterocycles. The van der Waals surface area contributed by atoms with Gasteiger partial charge >= 0.3 is 0 Å². The highest BCUT2D eigenvalue weighted by atomic mass is 15.0. The number of hydrogen-bond acceptors (Lipinski definition) is 2. The first kappa shape index (κ1) is 9.47. The van der Waals surface area contributed by atoms with Gasteiger partial charge < -0.3 is 10.6 Å². The molecule has 2 N–H and O–H groups in total. The molecule has 0 aromatic rings. The third-order valence-electron chi connectivity index (χ3n) is 3.56. The average Bonchev–Trinajstić information content (AvgIpc) is 2.86. The van der Waals surface area contributed by atoms with Crippen LogP contribution < -0.4 is 10.6 Å². The summed E-state index contributed by atoms with van der Waals surface area (Å²) in [7, 11) is 0. The Labute approximate surface area is 81.5 Å². The molecule has 13 heavy (non-hydrogen) atoms. The number of piperidine rings is 1. The quantitative estimate of drug-likeness (QED) is 0.689. The van der Waals surface area contributed by atoms with E-state index in [0.717, 1.165) is 5.92 Å². The summed E-state index contributed by atoms with van der Waals surface area (Å²) in [6.45, 7) is 6.06. The summed E-state index contributed by atoms with van der Waals surface area (Å²) in [5.74, 6) is 0.982. The fourth-order valence-corrected chi connectivity index (χ4v) is 2.11. The van der Waals surface area contributed by atoms with Gasteiger partial charge in [-0.2, -0.15) is 0 Å². The summed E-state index contributed by atoms with van der Waals surface area (Å²) >= 11 is 0. The predicted octanol–water partition coefficient (Wildman–Crippen LogP) is 1.52. The van der Waals surface area contributed by atoms with Crippen molar-refractivity contribution in [3.05, 3.63) is 0 Å². The second-order valence-electron chi connectivity index (χ2n) is 4.97. The van der Waals surface area contributed by atoms with E-state index in [0.29, 0.717) is 5.54 Å². The Hall–Kier alpha value is -0.0800. The van der Waals surface area contributed by atoms with E-state index < -0.39 is 0 Å². The third kappa shape index (κ3) is 2.96. The maximum Gasteiger partial charge on any atom is 0.0154 e. The molecule has 2 heteroatoms. The fourth-order valence-electron chi connectivity index (χ4n) is 2.11. The van der Waals surface area contributed by atoms with Crippen molar-refractivity contribution in [2.45, 2.75) is 44.6 Å². The zero-order chi connectivity index (χ0) is 9.15. The summed E-state index contributed by atoms with van der Waals surface area (Å²) < 4.78 is 0. The molecule has 0 bridgehead atoms. The SMILES string of the molecule is CC1(NCCC2CCNCC2)CC1. The number of rotatable bonds is 4. The normalized spacial score (nSPS) is 27.5. The van der Waals surface area contributed by atoms with Crippen LogP contribution >= 0.6 is 0 Å². The minimum Gasteiger partial charge on any atom is -0.317 e. The second kappa shape index (κ2) is 3.97. The van der Waals surface area contributed by atoms with Crippen molar-refractivity contribution in [3.8, 4) is 0 Å². The van der Waals surface area contributed by atoms with Gasteiger partial charge in [0.05, 0.1) is 0 Å². The highest BCUT2D eigenvalue weighted by molar-refractivity contribution is 4.97. The molecule has 76 valence electrons. The van der Waals surface area contributed by atoms with Crippen LogP contribution in [0.4, 0.5) is 0 Å². The molecule has 0 amide bonds. The van der Waals surface area contributed by atoms with E-state index in [4.69, 9.17) is 0 Å². The number of nitrogens with one attached hydrogen (secondary N) is 2. The summed E-state index contributed by atoms with van der Waals surface area (Å²) in [5, 5.41) is 7.07. The second-order valence-corrected chi connectivity index (χ2v) is 4.97. The van der Waals surface area contributed by atoms with E-state index >= 15 is 0 Å². The lowest BCUT2D eigenvalue weighted by atomic mass is 9.94. The monoisotopic (exact) mass is 182 g/mol. The van der Waals surface area contributed by atoms with E-state index in [1.165, 1.54) is 51.7 Å². The standard InChI is InChI=1S/C11H22N2/c1-11(5-6-11)13-9-4-10-2-7-12-8-3-10/h10,12-13H,2-9H2,1H3. The van der Waals surface area contributed by atoms with Crippen molar-refractivity contribution < 1.29 is 0 Å². The van der Waals surface area contributed by atoms with Gasteiger partial charge in [-0.3, -0.25) is 0 Å². The molecule has 0 aromatic carbocycles. The van der Waals surface area contributed by atoms with Gasteiger partial charge in [-0.15, -0.1) is 0 Å². The van der Waals surface area contributed by atoms with Gasteiger partial charge in [0.25, 0.3) is 0 Å². The van der Waals surface area contributed by atoms with Gasteiger partial charge in [0.1, 0.15) is 0 Å². The van der Waals surface area contributed by atoms with Crippen molar-refractivity contribution in [1.29, 1.82) is 0 Å². The molecule has 0 unspecified atom stereocenters. The van der Waals surface area contributed by atoms with Gasteiger partial charge in [0, 0.05) is 5.54 Å². The van der Waals surface area contributed by atoms with Crippen molar-refractivity contribution >= 4 is 0 Å². The lowest BCUT2D eigenvalue weighted by Crippen LogP contribution is -2.33. The van der Waals surface area contributed by atoms with Crippen molar-refractivity contribution in [1.82, 2.24) is 10.6 Å². The Morgan fingerprint density at radius 1 is 1.31 bits per heavy atom. The lowest BCUT2D eigenvalue weighted by Gasteiger charge is -2.23. The summed E-state index contributed by atoms with van der Waals surface area (Å²) in [4.78, 5) is 0. The van der Waals surface area contributed by atoms with Crippen LogP contribution in [0.2, 0.25) is 0 Å². The predicted molar refractivity (Wildman–Crippen MR) is 55.9 cm³/mol. The summed E-state index contributed by atoms with van der Waals surface area (Å²) in [6, 6.07) is 0. The molecule has 0 spiro atoms. The molecule has 0 atom stereocenters. The Bertz CT molecular complexity index is 157. The summed E-state index contributed by atoms with van der Waals surface area (Å²) in [6.07, 6.45) is 6.94. The summed E-state index contributed by atoms with van der Waals surface area (Å²) in [5.41, 5.74) is 0.535. The lowest BCUT2D eigenvalue weighted by molar-refractivity contribution is 0.340. The van der Waals surface area contributed by atoms with Crippen LogP contribution in [0.3, 0.4) is 0 Å². The topological polar surface area (TPSA) is 24.1 Å². The third-order valence-corrected chi connectivity index (χ3v) is 3.56. The van der Waals surface area contributed by atoms with Crippen molar-refractivity contribution in [2.75, 3.05) is 19.6 Å². The molecule has 0 aromatic heterocycles. The Morgan fingerprint density at radius 2 is 2.00 bits per heavy atom. The van der Waals surface area contributed by atoms with Crippen LogP contribution in [-0.4, -0.2) is 25.2 Å². The maximum atomic E-state index is 3.66. The van der Waals surface area contributed by atoms with Crippen LogP contribution in [-0.2, 0) is 0 Å². The van der Waals surface area contributed by atoms with Crippen molar-refractivity contribution in [3.63, 3.8) is 0 Å².